The summed E-state index contributed by atoms with van der Waals surface area (Å²) < 4.78 is 7.74. The van der Waals surface area contributed by atoms with Gasteiger partial charge in [0, 0.05) is 18.2 Å². The van der Waals surface area contributed by atoms with Crippen LogP contribution in [0, 0.1) is 20.8 Å². The molecular weight excluding hydrogens is 358 g/mol. The molecule has 2 heterocycles. The molecule has 27 heavy (non-hydrogen) atoms. The number of anilines is 1. The van der Waals surface area contributed by atoms with Gasteiger partial charge in [-0.15, -0.1) is 11.3 Å². The van der Waals surface area contributed by atoms with Gasteiger partial charge in [-0.25, -0.2) is 4.68 Å². The molecule has 0 bridgehead atoms. The van der Waals surface area contributed by atoms with Crippen LogP contribution in [0.1, 0.15) is 45.4 Å². The molecule has 142 valence electrons. The number of carbonyl (C=O) groups excluding carboxylic acids is 1. The fraction of sp³-hybridized carbons (Fsp3) is 0.333. The van der Waals surface area contributed by atoms with E-state index in [4.69, 9.17) is 4.74 Å². The Morgan fingerprint density at radius 1 is 1.22 bits per heavy atom. The summed E-state index contributed by atoms with van der Waals surface area (Å²) in [5.74, 6) is 1.49. The zero-order valence-electron chi connectivity index (χ0n) is 16.2. The number of aryl methyl sites for hydroxylation is 4. The SMILES string of the molecule is CCCn1nc(C)cc1NC(=O)c1cc(COc2ccc(C)cc2C)cs1. The Morgan fingerprint density at radius 2 is 2.04 bits per heavy atom. The van der Waals surface area contributed by atoms with Gasteiger partial charge >= 0.3 is 0 Å². The number of nitrogens with one attached hydrogen (secondary N) is 1. The van der Waals surface area contributed by atoms with Gasteiger partial charge in [-0.05, 0) is 50.3 Å². The molecule has 0 saturated carbocycles. The second-order valence-corrected chi connectivity index (χ2v) is 7.64. The molecule has 0 aliphatic carbocycles. The lowest BCUT2D eigenvalue weighted by molar-refractivity contribution is 0.102. The number of amides is 1. The first-order chi connectivity index (χ1) is 13.0. The van der Waals surface area contributed by atoms with Gasteiger partial charge in [0.25, 0.3) is 5.91 Å². The lowest BCUT2D eigenvalue weighted by Crippen LogP contribution is -2.14. The summed E-state index contributed by atoms with van der Waals surface area (Å²) >= 11 is 1.42. The molecule has 0 saturated heterocycles. The quantitative estimate of drug-likeness (QED) is 0.617. The van der Waals surface area contributed by atoms with Crippen molar-refractivity contribution >= 4 is 23.1 Å². The maximum absolute atomic E-state index is 12.6. The Hall–Kier alpha value is -2.60. The highest BCUT2D eigenvalue weighted by Gasteiger charge is 2.13. The monoisotopic (exact) mass is 383 g/mol. The van der Waals surface area contributed by atoms with E-state index in [-0.39, 0.29) is 5.91 Å². The Morgan fingerprint density at radius 3 is 2.78 bits per heavy atom. The van der Waals surface area contributed by atoms with Crippen LogP contribution in [0.15, 0.2) is 35.7 Å². The highest BCUT2D eigenvalue weighted by atomic mass is 32.1. The van der Waals surface area contributed by atoms with E-state index in [1.807, 2.05) is 48.2 Å². The molecule has 1 aromatic carbocycles. The highest BCUT2D eigenvalue weighted by molar-refractivity contribution is 7.12. The highest BCUT2D eigenvalue weighted by Crippen LogP contribution is 2.22. The van der Waals surface area contributed by atoms with E-state index in [2.05, 4.69) is 30.3 Å². The van der Waals surface area contributed by atoms with Crippen molar-refractivity contribution < 1.29 is 9.53 Å². The molecule has 0 radical (unpaired) electrons. The third-order valence-electron chi connectivity index (χ3n) is 4.18. The van der Waals surface area contributed by atoms with Crippen molar-refractivity contribution in [3.05, 3.63) is 63.0 Å². The molecule has 0 atom stereocenters. The van der Waals surface area contributed by atoms with Gasteiger partial charge in [-0.1, -0.05) is 24.6 Å². The van der Waals surface area contributed by atoms with Crippen molar-refractivity contribution in [3.63, 3.8) is 0 Å². The summed E-state index contributed by atoms with van der Waals surface area (Å²) in [4.78, 5) is 13.2. The predicted molar refractivity (Wildman–Crippen MR) is 110 cm³/mol. The van der Waals surface area contributed by atoms with Crippen molar-refractivity contribution in [3.8, 4) is 5.75 Å². The van der Waals surface area contributed by atoms with Crippen molar-refractivity contribution in [2.45, 2.75) is 47.3 Å². The standard InChI is InChI=1S/C21H25N3O2S/c1-5-8-24-20(10-16(4)23-24)22-21(25)19-11-17(13-27-19)12-26-18-7-6-14(2)9-15(18)3/h6-7,9-11,13H,5,8,12H2,1-4H3,(H,22,25). The fourth-order valence-corrected chi connectivity index (χ4v) is 3.69. The molecule has 0 spiro atoms. The first kappa shape index (κ1) is 19.2. The second kappa shape index (κ2) is 8.39. The molecule has 1 N–H and O–H groups in total. The van der Waals surface area contributed by atoms with E-state index in [0.717, 1.165) is 41.4 Å². The summed E-state index contributed by atoms with van der Waals surface area (Å²) in [7, 11) is 0. The number of aromatic nitrogens is 2. The summed E-state index contributed by atoms with van der Waals surface area (Å²) in [6, 6.07) is 9.91. The second-order valence-electron chi connectivity index (χ2n) is 6.73. The van der Waals surface area contributed by atoms with Crippen LogP contribution in [-0.2, 0) is 13.2 Å². The van der Waals surface area contributed by atoms with Crippen molar-refractivity contribution in [2.75, 3.05) is 5.32 Å². The van der Waals surface area contributed by atoms with Crippen molar-refractivity contribution in [2.24, 2.45) is 0 Å². The molecule has 0 fully saturated rings. The number of hydrogen-bond donors (Lipinski definition) is 1. The van der Waals surface area contributed by atoms with Crippen molar-refractivity contribution in [1.29, 1.82) is 0 Å². The molecular formula is C21H25N3O2S. The van der Waals surface area contributed by atoms with E-state index in [1.54, 1.807) is 0 Å². The van der Waals surface area contributed by atoms with Crippen LogP contribution in [0.3, 0.4) is 0 Å². The maximum Gasteiger partial charge on any atom is 0.266 e. The average molecular weight is 384 g/mol. The van der Waals surface area contributed by atoms with E-state index < -0.39 is 0 Å². The number of rotatable bonds is 7. The zero-order valence-corrected chi connectivity index (χ0v) is 17.0. The maximum atomic E-state index is 12.6. The third kappa shape index (κ3) is 4.77. The van der Waals surface area contributed by atoms with Gasteiger partial charge < -0.3 is 10.1 Å². The minimum atomic E-state index is -0.116. The first-order valence-electron chi connectivity index (χ1n) is 9.09. The topological polar surface area (TPSA) is 56.2 Å². The molecule has 5 nitrogen and oxygen atoms in total. The summed E-state index contributed by atoms with van der Waals surface area (Å²) in [5.41, 5.74) is 4.21. The molecule has 0 aliphatic heterocycles. The van der Waals surface area contributed by atoms with Crippen LogP contribution in [0.2, 0.25) is 0 Å². The van der Waals surface area contributed by atoms with Crippen molar-refractivity contribution in [1.82, 2.24) is 9.78 Å². The minimum Gasteiger partial charge on any atom is -0.489 e. The summed E-state index contributed by atoms with van der Waals surface area (Å²) in [6.07, 6.45) is 0.961. The minimum absolute atomic E-state index is 0.116. The van der Waals surface area contributed by atoms with E-state index in [0.29, 0.717) is 11.5 Å². The average Bonchev–Trinajstić information content (AvgIpc) is 3.21. The van der Waals surface area contributed by atoms with E-state index >= 15 is 0 Å². The van der Waals surface area contributed by atoms with Crippen LogP contribution >= 0.6 is 11.3 Å². The lowest BCUT2D eigenvalue weighted by Gasteiger charge is -2.08. The first-order valence-corrected chi connectivity index (χ1v) is 9.97. The van der Waals surface area contributed by atoms with Gasteiger partial charge in [-0.2, -0.15) is 5.10 Å². The van der Waals surface area contributed by atoms with Gasteiger partial charge in [0.15, 0.2) is 0 Å². The number of thiophene rings is 1. The molecule has 6 heteroatoms. The van der Waals surface area contributed by atoms with Crippen LogP contribution < -0.4 is 10.1 Å². The Labute approximate surface area is 164 Å². The number of benzene rings is 1. The largest absolute Gasteiger partial charge is 0.489 e. The molecule has 2 aromatic heterocycles. The van der Waals surface area contributed by atoms with E-state index in [9.17, 15) is 4.79 Å². The van der Waals surface area contributed by atoms with Gasteiger partial charge in [0.05, 0.1) is 10.6 Å². The Bertz CT molecular complexity index is 943. The van der Waals surface area contributed by atoms with E-state index in [1.165, 1.54) is 16.9 Å². The number of nitrogens with zero attached hydrogens (tertiary/aromatic N) is 2. The molecule has 0 unspecified atom stereocenters. The fourth-order valence-electron chi connectivity index (χ4n) is 2.90. The number of hydrogen-bond acceptors (Lipinski definition) is 4. The third-order valence-corrected chi connectivity index (χ3v) is 5.16. The number of ether oxygens (including phenoxy) is 1. The normalized spacial score (nSPS) is 10.8. The van der Waals surface area contributed by atoms with Crippen LogP contribution in [0.25, 0.3) is 0 Å². The zero-order chi connectivity index (χ0) is 19.4. The van der Waals surface area contributed by atoms with Gasteiger partial charge in [0.2, 0.25) is 0 Å². The molecule has 3 rings (SSSR count). The van der Waals surface area contributed by atoms with Gasteiger partial charge in [0.1, 0.15) is 18.2 Å². The van der Waals surface area contributed by atoms with Crippen LogP contribution in [0.4, 0.5) is 5.82 Å². The Balaban J connectivity index is 1.64. The molecule has 3 aromatic rings. The number of carbonyl (C=O) groups is 1. The Kier molecular flexibility index (Phi) is 5.96. The molecule has 1 amide bonds. The smallest absolute Gasteiger partial charge is 0.266 e. The van der Waals surface area contributed by atoms with Crippen LogP contribution in [0.5, 0.6) is 5.75 Å². The summed E-state index contributed by atoms with van der Waals surface area (Å²) in [6.45, 7) is 9.34. The van der Waals surface area contributed by atoms with Gasteiger partial charge in [-0.3, -0.25) is 4.79 Å². The predicted octanol–water partition coefficient (Wildman–Crippen LogP) is 5.11. The lowest BCUT2D eigenvalue weighted by atomic mass is 10.1. The summed E-state index contributed by atoms with van der Waals surface area (Å²) in [5, 5.41) is 9.35. The van der Waals surface area contributed by atoms with Crippen LogP contribution in [-0.4, -0.2) is 15.7 Å². The molecule has 0 aliphatic rings.